The highest BCUT2D eigenvalue weighted by Crippen LogP contribution is 2.58. The van der Waals surface area contributed by atoms with Gasteiger partial charge in [0.25, 0.3) is 0 Å². The van der Waals surface area contributed by atoms with Crippen molar-refractivity contribution >= 4 is 0 Å². The summed E-state index contributed by atoms with van der Waals surface area (Å²) in [7, 11) is 1.20. The highest BCUT2D eigenvalue weighted by Gasteiger charge is 2.86. The summed E-state index contributed by atoms with van der Waals surface area (Å²) in [6, 6.07) is 0. The first kappa shape index (κ1) is 20.2. The van der Waals surface area contributed by atoms with Crippen LogP contribution in [0.4, 0.5) is 48.3 Å². The average molecular weight is 341 g/mol. The van der Waals surface area contributed by atoms with Crippen molar-refractivity contribution in [2.45, 2.75) is 42.7 Å². The summed E-state index contributed by atoms with van der Waals surface area (Å²) >= 11 is 0. The van der Waals surface area contributed by atoms with Gasteiger partial charge in [-0.2, -0.15) is 48.3 Å². The van der Waals surface area contributed by atoms with Gasteiger partial charge in [-0.1, -0.05) is 0 Å². The monoisotopic (exact) mass is 341 g/mol. The van der Waals surface area contributed by atoms with Gasteiger partial charge in [-0.25, -0.2) is 0 Å². The molecule has 21 heavy (non-hydrogen) atoms. The quantitative estimate of drug-likeness (QED) is 0.543. The van der Waals surface area contributed by atoms with E-state index < -0.39 is 42.7 Å². The van der Waals surface area contributed by atoms with Gasteiger partial charge in [0, 0.05) is 6.42 Å². The highest BCUT2D eigenvalue weighted by molar-refractivity contribution is 5.06. The largest absolute Gasteiger partial charge is 0.460 e. The van der Waals surface area contributed by atoms with Gasteiger partial charge in [-0.3, -0.25) is 0 Å². The zero-order chi connectivity index (χ0) is 17.3. The summed E-state index contributed by atoms with van der Waals surface area (Å²) in [5, 5.41) is 2.19. The second-order valence-electron chi connectivity index (χ2n) is 4.13. The van der Waals surface area contributed by atoms with E-state index in [0.29, 0.717) is 0 Å². The molecule has 0 aliphatic heterocycles. The van der Waals surface area contributed by atoms with Gasteiger partial charge in [0.05, 0.1) is 0 Å². The summed E-state index contributed by atoms with van der Waals surface area (Å²) < 4.78 is 137. The molecule has 0 unspecified atom stereocenters. The summed E-state index contributed by atoms with van der Waals surface area (Å²) in [6.45, 7) is -0.354. The van der Waals surface area contributed by atoms with Crippen LogP contribution in [0, 0.1) is 0 Å². The molecule has 0 aromatic heterocycles. The molecule has 1 N–H and O–H groups in total. The molecule has 0 bridgehead atoms. The van der Waals surface area contributed by atoms with E-state index in [4.69, 9.17) is 0 Å². The van der Waals surface area contributed by atoms with Crippen LogP contribution in [0.1, 0.15) is 12.8 Å². The van der Waals surface area contributed by atoms with Crippen LogP contribution in [-0.2, 0) is 0 Å². The minimum Gasteiger partial charge on any atom is -0.320 e. The fourth-order valence-corrected chi connectivity index (χ4v) is 1.25. The molecule has 0 spiro atoms. The van der Waals surface area contributed by atoms with Gasteiger partial charge in [0.15, 0.2) is 0 Å². The standard InChI is InChI=1S/C9H10F11N/c1-21-4-2-3-5(10,11)6(12,13)7(14,15)8(16,17)9(18,19)20/h21H,2-4H2,1H3. The van der Waals surface area contributed by atoms with Crippen LogP contribution in [0.5, 0.6) is 0 Å². The van der Waals surface area contributed by atoms with E-state index in [9.17, 15) is 48.3 Å². The van der Waals surface area contributed by atoms with Gasteiger partial charge in [-0.15, -0.1) is 0 Å². The molecule has 128 valence electrons. The summed E-state index contributed by atoms with van der Waals surface area (Å²) in [5.74, 6) is -27.2. The normalized spacial score (nSPS) is 15.4. The maximum atomic E-state index is 13.0. The predicted octanol–water partition coefficient (Wildman–Crippen LogP) is 4.09. The Morgan fingerprint density at radius 2 is 1.10 bits per heavy atom. The molecule has 12 heteroatoms. The highest BCUT2D eigenvalue weighted by atomic mass is 19.4. The number of hydrogen-bond donors (Lipinski definition) is 1. The van der Waals surface area contributed by atoms with Crippen LogP contribution in [0.3, 0.4) is 0 Å². The second-order valence-corrected chi connectivity index (χ2v) is 4.13. The lowest BCUT2D eigenvalue weighted by atomic mass is 9.95. The molecule has 0 aliphatic carbocycles. The van der Waals surface area contributed by atoms with E-state index in [1.165, 1.54) is 7.05 Å². The first-order valence-corrected chi connectivity index (χ1v) is 5.29. The molecular formula is C9H10F11N. The molecule has 0 amide bonds. The summed E-state index contributed by atoms with van der Waals surface area (Å²) in [5.41, 5.74) is 0. The van der Waals surface area contributed by atoms with Crippen LogP contribution >= 0.6 is 0 Å². The second kappa shape index (κ2) is 5.76. The molecule has 0 radical (unpaired) electrons. The number of rotatable bonds is 7. The lowest BCUT2D eigenvalue weighted by molar-refractivity contribution is -0.422. The molecule has 0 saturated heterocycles. The molecule has 0 aromatic rings. The Labute approximate surface area is 111 Å². The predicted molar refractivity (Wildman–Crippen MR) is 49.0 cm³/mol. The Morgan fingerprint density at radius 1 is 0.667 bits per heavy atom. The van der Waals surface area contributed by atoms with Gasteiger partial charge >= 0.3 is 29.9 Å². The molecule has 0 aliphatic rings. The van der Waals surface area contributed by atoms with Crippen LogP contribution < -0.4 is 5.32 Å². The Balaban J connectivity index is 5.55. The van der Waals surface area contributed by atoms with Gasteiger partial charge < -0.3 is 5.32 Å². The molecule has 0 aromatic carbocycles. The van der Waals surface area contributed by atoms with Crippen molar-refractivity contribution in [3.63, 3.8) is 0 Å². The first-order chi connectivity index (χ1) is 9.06. The van der Waals surface area contributed by atoms with Crippen LogP contribution in [0.15, 0.2) is 0 Å². The Morgan fingerprint density at radius 3 is 1.43 bits per heavy atom. The zero-order valence-corrected chi connectivity index (χ0v) is 10.3. The molecule has 1 nitrogen and oxygen atoms in total. The van der Waals surface area contributed by atoms with Gasteiger partial charge in [-0.05, 0) is 20.0 Å². The third-order valence-corrected chi connectivity index (χ3v) is 2.52. The van der Waals surface area contributed by atoms with E-state index >= 15 is 0 Å². The molecular weight excluding hydrogens is 331 g/mol. The Hall–Kier alpha value is -0.810. The zero-order valence-electron chi connectivity index (χ0n) is 10.3. The minimum atomic E-state index is -7.31. The van der Waals surface area contributed by atoms with Crippen molar-refractivity contribution in [3.8, 4) is 0 Å². The fraction of sp³-hybridized carbons (Fsp3) is 1.00. The lowest BCUT2D eigenvalue weighted by Crippen LogP contribution is -2.66. The maximum Gasteiger partial charge on any atom is 0.460 e. The SMILES string of the molecule is CNCCCC(F)(F)C(F)(F)C(F)(F)C(F)(F)C(F)(F)F. The van der Waals surface area contributed by atoms with Crippen molar-refractivity contribution in [2.24, 2.45) is 0 Å². The van der Waals surface area contributed by atoms with Crippen molar-refractivity contribution < 1.29 is 48.3 Å². The van der Waals surface area contributed by atoms with E-state index in [0.717, 1.165) is 0 Å². The van der Waals surface area contributed by atoms with Crippen LogP contribution in [0.2, 0.25) is 0 Å². The van der Waals surface area contributed by atoms with E-state index in [1.807, 2.05) is 0 Å². The van der Waals surface area contributed by atoms with Crippen molar-refractivity contribution in [1.29, 1.82) is 0 Å². The van der Waals surface area contributed by atoms with Gasteiger partial charge in [0.2, 0.25) is 0 Å². The molecule has 0 atom stereocenters. The lowest BCUT2D eigenvalue weighted by Gasteiger charge is -2.37. The average Bonchev–Trinajstić information content (AvgIpc) is 2.26. The van der Waals surface area contributed by atoms with Crippen LogP contribution in [-0.4, -0.2) is 43.5 Å². The first-order valence-electron chi connectivity index (χ1n) is 5.29. The van der Waals surface area contributed by atoms with Crippen molar-refractivity contribution in [2.75, 3.05) is 13.6 Å². The Kier molecular flexibility index (Phi) is 5.54. The molecule has 0 rings (SSSR count). The third kappa shape index (κ3) is 3.34. The smallest absolute Gasteiger partial charge is 0.320 e. The summed E-state index contributed by atoms with van der Waals surface area (Å²) in [6.07, 6.45) is -9.95. The van der Waals surface area contributed by atoms with E-state index in [2.05, 4.69) is 5.32 Å². The number of alkyl halides is 11. The maximum absolute atomic E-state index is 13.0. The molecule has 0 fully saturated rings. The van der Waals surface area contributed by atoms with E-state index in [-0.39, 0.29) is 6.54 Å². The molecule has 0 saturated carbocycles. The minimum absolute atomic E-state index is 0.354. The summed E-state index contributed by atoms with van der Waals surface area (Å²) in [4.78, 5) is 0. The van der Waals surface area contributed by atoms with Crippen LogP contribution in [0.25, 0.3) is 0 Å². The van der Waals surface area contributed by atoms with E-state index in [1.54, 1.807) is 0 Å². The van der Waals surface area contributed by atoms with Crippen molar-refractivity contribution in [1.82, 2.24) is 5.32 Å². The number of nitrogens with one attached hydrogen (secondary N) is 1. The molecule has 0 heterocycles. The number of hydrogen-bond acceptors (Lipinski definition) is 1. The van der Waals surface area contributed by atoms with Gasteiger partial charge in [0.1, 0.15) is 0 Å². The fourth-order valence-electron chi connectivity index (χ4n) is 1.25. The third-order valence-electron chi connectivity index (χ3n) is 2.52. The topological polar surface area (TPSA) is 12.0 Å². The van der Waals surface area contributed by atoms with Crippen molar-refractivity contribution in [3.05, 3.63) is 0 Å². The Bertz CT molecular complexity index is 346. The number of halogens is 11.